The maximum Gasteiger partial charge on any atom is 0.163 e. The maximum absolute atomic E-state index is 5.91. The Hall–Kier alpha value is -3.84. The summed E-state index contributed by atoms with van der Waals surface area (Å²) >= 11 is 1.57. The lowest BCUT2D eigenvalue weighted by Gasteiger charge is -2.11. The molecule has 1 N–H and O–H groups in total. The smallest absolute Gasteiger partial charge is 0.163 e. The van der Waals surface area contributed by atoms with Gasteiger partial charge in [-0.15, -0.1) is 11.3 Å². The zero-order valence-corrected chi connectivity index (χ0v) is 17.6. The SMILES string of the molecule is CNc1nc(-c2cccnc2)nc2ccc(-c3cccc(OCc4cscn4)c3)cc12. The molecule has 31 heavy (non-hydrogen) atoms. The normalized spacial score (nSPS) is 10.9. The van der Waals surface area contributed by atoms with Crippen LogP contribution in [-0.2, 0) is 6.61 Å². The number of hydrogen-bond donors (Lipinski definition) is 1. The summed E-state index contributed by atoms with van der Waals surface area (Å²) in [6.07, 6.45) is 3.51. The molecule has 0 fully saturated rings. The van der Waals surface area contributed by atoms with Gasteiger partial charge in [0.1, 0.15) is 18.2 Å². The molecule has 0 unspecified atom stereocenters. The predicted molar refractivity (Wildman–Crippen MR) is 124 cm³/mol. The second kappa shape index (κ2) is 8.49. The Kier molecular flexibility index (Phi) is 5.24. The zero-order chi connectivity index (χ0) is 21.0. The van der Waals surface area contributed by atoms with E-state index in [1.807, 2.05) is 54.3 Å². The van der Waals surface area contributed by atoms with Crippen molar-refractivity contribution < 1.29 is 4.74 Å². The zero-order valence-electron chi connectivity index (χ0n) is 16.8. The van der Waals surface area contributed by atoms with Gasteiger partial charge in [-0.1, -0.05) is 18.2 Å². The molecule has 0 spiro atoms. The topological polar surface area (TPSA) is 72.8 Å². The molecular formula is C24H19N5OS. The van der Waals surface area contributed by atoms with E-state index in [2.05, 4.69) is 33.5 Å². The van der Waals surface area contributed by atoms with Crippen LogP contribution in [0.2, 0.25) is 0 Å². The molecule has 7 heteroatoms. The van der Waals surface area contributed by atoms with Crippen LogP contribution in [0.3, 0.4) is 0 Å². The molecule has 0 aliphatic rings. The molecule has 0 saturated heterocycles. The third-order valence-electron chi connectivity index (χ3n) is 4.89. The first-order chi connectivity index (χ1) is 15.3. The number of nitrogens with zero attached hydrogens (tertiary/aromatic N) is 4. The van der Waals surface area contributed by atoms with E-state index >= 15 is 0 Å². The molecule has 0 aliphatic carbocycles. The highest BCUT2D eigenvalue weighted by Gasteiger charge is 2.11. The van der Waals surface area contributed by atoms with Crippen molar-refractivity contribution >= 4 is 28.1 Å². The van der Waals surface area contributed by atoms with E-state index in [9.17, 15) is 0 Å². The number of anilines is 1. The molecule has 2 aromatic carbocycles. The van der Waals surface area contributed by atoms with Gasteiger partial charge in [-0.05, 0) is 47.5 Å². The Labute approximate surface area is 183 Å². The Morgan fingerprint density at radius 3 is 2.68 bits per heavy atom. The largest absolute Gasteiger partial charge is 0.487 e. The Morgan fingerprint density at radius 1 is 0.968 bits per heavy atom. The second-order valence-electron chi connectivity index (χ2n) is 6.92. The molecule has 0 amide bonds. The molecule has 6 nitrogen and oxygen atoms in total. The van der Waals surface area contributed by atoms with Gasteiger partial charge in [-0.3, -0.25) is 4.98 Å². The molecule has 3 heterocycles. The van der Waals surface area contributed by atoms with Crippen molar-refractivity contribution in [2.45, 2.75) is 6.61 Å². The van der Waals surface area contributed by atoms with Crippen molar-refractivity contribution in [3.63, 3.8) is 0 Å². The number of fused-ring (bicyclic) bond motifs is 1. The first-order valence-corrected chi connectivity index (χ1v) is 10.7. The van der Waals surface area contributed by atoms with E-state index in [4.69, 9.17) is 14.7 Å². The van der Waals surface area contributed by atoms with Crippen molar-refractivity contribution in [3.8, 4) is 28.3 Å². The van der Waals surface area contributed by atoms with Gasteiger partial charge in [0.25, 0.3) is 0 Å². The number of benzene rings is 2. The number of aromatic nitrogens is 4. The van der Waals surface area contributed by atoms with Crippen molar-refractivity contribution in [2.24, 2.45) is 0 Å². The highest BCUT2D eigenvalue weighted by molar-refractivity contribution is 7.07. The Balaban J connectivity index is 1.49. The monoisotopic (exact) mass is 425 g/mol. The van der Waals surface area contributed by atoms with E-state index in [0.29, 0.717) is 12.4 Å². The molecular weight excluding hydrogens is 406 g/mol. The minimum atomic E-state index is 0.458. The number of thiazole rings is 1. The minimum absolute atomic E-state index is 0.458. The molecule has 5 aromatic rings. The maximum atomic E-state index is 5.91. The molecule has 0 atom stereocenters. The van der Waals surface area contributed by atoms with Crippen molar-refractivity contribution in [3.05, 3.63) is 83.6 Å². The minimum Gasteiger partial charge on any atom is -0.487 e. The third-order valence-corrected chi connectivity index (χ3v) is 5.53. The fourth-order valence-corrected chi connectivity index (χ4v) is 3.90. The lowest BCUT2D eigenvalue weighted by molar-refractivity contribution is 0.302. The summed E-state index contributed by atoms with van der Waals surface area (Å²) in [5.41, 5.74) is 6.64. The van der Waals surface area contributed by atoms with Crippen LogP contribution < -0.4 is 10.1 Å². The number of nitrogens with one attached hydrogen (secondary N) is 1. The van der Waals surface area contributed by atoms with Crippen LogP contribution in [0.5, 0.6) is 5.75 Å². The van der Waals surface area contributed by atoms with E-state index < -0.39 is 0 Å². The van der Waals surface area contributed by atoms with Crippen LogP contribution in [0.15, 0.2) is 77.9 Å². The van der Waals surface area contributed by atoms with Gasteiger partial charge in [0, 0.05) is 35.8 Å². The van der Waals surface area contributed by atoms with Crippen molar-refractivity contribution in [1.29, 1.82) is 0 Å². The summed E-state index contributed by atoms with van der Waals surface area (Å²) in [7, 11) is 1.87. The Morgan fingerprint density at radius 2 is 1.87 bits per heavy atom. The average Bonchev–Trinajstić information content (AvgIpc) is 3.36. The van der Waals surface area contributed by atoms with Crippen LogP contribution >= 0.6 is 11.3 Å². The molecule has 0 saturated carbocycles. The molecule has 5 rings (SSSR count). The number of pyridine rings is 1. The van der Waals surface area contributed by atoms with Gasteiger partial charge in [0.2, 0.25) is 0 Å². The van der Waals surface area contributed by atoms with Gasteiger partial charge in [0.05, 0.1) is 16.7 Å². The van der Waals surface area contributed by atoms with Gasteiger partial charge in [-0.25, -0.2) is 15.0 Å². The molecule has 0 radical (unpaired) electrons. The van der Waals surface area contributed by atoms with Crippen molar-refractivity contribution in [1.82, 2.24) is 19.9 Å². The highest BCUT2D eigenvalue weighted by Crippen LogP contribution is 2.31. The lowest BCUT2D eigenvalue weighted by Crippen LogP contribution is -1.99. The van der Waals surface area contributed by atoms with E-state index in [0.717, 1.165) is 44.9 Å². The number of rotatable bonds is 6. The summed E-state index contributed by atoms with van der Waals surface area (Å²) in [5.74, 6) is 2.24. The van der Waals surface area contributed by atoms with Crippen LogP contribution in [0.25, 0.3) is 33.4 Å². The summed E-state index contributed by atoms with van der Waals surface area (Å²) in [4.78, 5) is 17.9. The van der Waals surface area contributed by atoms with Crippen LogP contribution in [0.4, 0.5) is 5.82 Å². The molecule has 0 aliphatic heterocycles. The quantitative estimate of drug-likeness (QED) is 0.391. The standard InChI is InChI=1S/C24H19N5OS/c1-25-24-21-11-17(7-8-22(21)28-23(29-24)18-5-3-9-26-12-18)16-4-2-6-20(10-16)30-13-19-14-31-15-27-19/h2-12,14-15H,13H2,1H3,(H,25,28,29). The van der Waals surface area contributed by atoms with Gasteiger partial charge in [0.15, 0.2) is 5.82 Å². The second-order valence-corrected chi connectivity index (χ2v) is 7.63. The van der Waals surface area contributed by atoms with Crippen LogP contribution in [0.1, 0.15) is 5.69 Å². The van der Waals surface area contributed by atoms with E-state index in [1.165, 1.54) is 0 Å². The van der Waals surface area contributed by atoms with E-state index in [1.54, 1.807) is 23.7 Å². The number of ether oxygens (including phenoxy) is 1. The molecule has 0 bridgehead atoms. The van der Waals surface area contributed by atoms with Crippen molar-refractivity contribution in [2.75, 3.05) is 12.4 Å². The predicted octanol–water partition coefficient (Wildman–Crippen LogP) is 5.44. The van der Waals surface area contributed by atoms with Crippen LogP contribution in [-0.4, -0.2) is 27.0 Å². The first kappa shape index (κ1) is 19.1. The molecule has 3 aromatic heterocycles. The summed E-state index contributed by atoms with van der Waals surface area (Å²) < 4.78 is 5.91. The van der Waals surface area contributed by atoms with E-state index in [-0.39, 0.29) is 0 Å². The summed E-state index contributed by atoms with van der Waals surface area (Å²) in [6.45, 7) is 0.458. The Bertz CT molecular complexity index is 1320. The van der Waals surface area contributed by atoms with Gasteiger partial charge < -0.3 is 10.1 Å². The third kappa shape index (κ3) is 4.08. The van der Waals surface area contributed by atoms with Gasteiger partial charge in [-0.2, -0.15) is 0 Å². The highest BCUT2D eigenvalue weighted by atomic mass is 32.1. The number of hydrogen-bond acceptors (Lipinski definition) is 7. The fraction of sp³-hybridized carbons (Fsp3) is 0.0833. The molecule has 152 valence electrons. The first-order valence-electron chi connectivity index (χ1n) is 9.80. The summed E-state index contributed by atoms with van der Waals surface area (Å²) in [6, 6.07) is 18.1. The van der Waals surface area contributed by atoms with Gasteiger partial charge >= 0.3 is 0 Å². The fourth-order valence-electron chi connectivity index (χ4n) is 3.35. The lowest BCUT2D eigenvalue weighted by atomic mass is 10.0. The summed E-state index contributed by atoms with van der Waals surface area (Å²) in [5, 5.41) is 6.16. The average molecular weight is 426 g/mol. The van der Waals surface area contributed by atoms with Crippen LogP contribution in [0, 0.1) is 0 Å².